The lowest BCUT2D eigenvalue weighted by molar-refractivity contribution is 0.0122. The molecular weight excluding hydrogens is 216 g/mol. The summed E-state index contributed by atoms with van der Waals surface area (Å²) >= 11 is 0. The average molecular weight is 240 g/mol. The van der Waals surface area contributed by atoms with Gasteiger partial charge in [-0.05, 0) is 19.8 Å². The molecule has 0 fully saturated rings. The van der Waals surface area contributed by atoms with Gasteiger partial charge < -0.3 is 10.5 Å². The quantitative estimate of drug-likeness (QED) is 0.778. The van der Waals surface area contributed by atoms with E-state index in [1.165, 1.54) is 0 Å². The van der Waals surface area contributed by atoms with Crippen molar-refractivity contribution in [3.8, 4) is 0 Å². The Labute approximate surface area is 103 Å². The van der Waals surface area contributed by atoms with Gasteiger partial charge in [-0.3, -0.25) is 4.68 Å². The molecule has 0 saturated heterocycles. The maximum atomic E-state index is 6.21. The van der Waals surface area contributed by atoms with E-state index in [0.717, 1.165) is 12.4 Å². The van der Waals surface area contributed by atoms with E-state index in [-0.39, 0.29) is 12.1 Å². The Morgan fingerprint density at radius 2 is 2.12 bits per heavy atom. The van der Waals surface area contributed by atoms with Crippen LogP contribution in [-0.4, -0.2) is 33.5 Å². The fourth-order valence-electron chi connectivity index (χ4n) is 2.04. The van der Waals surface area contributed by atoms with Crippen LogP contribution in [0.25, 0.3) is 0 Å². The standard InChI is InChI=1S/C12H24N4O/c1-5-16-11(14-8-15-16)7-10(13)12(9(3)4)17-6-2/h8-10,12H,5-7,13H2,1-4H3. The second kappa shape index (κ2) is 6.71. The first-order chi connectivity index (χ1) is 8.10. The molecule has 0 bridgehead atoms. The minimum absolute atomic E-state index is 0.0375. The lowest BCUT2D eigenvalue weighted by atomic mass is 9.97. The summed E-state index contributed by atoms with van der Waals surface area (Å²) in [6, 6.07) is -0.0375. The van der Waals surface area contributed by atoms with E-state index < -0.39 is 0 Å². The molecule has 1 aromatic heterocycles. The first kappa shape index (κ1) is 14.1. The van der Waals surface area contributed by atoms with Gasteiger partial charge in [0.15, 0.2) is 0 Å². The number of nitrogens with zero attached hydrogens (tertiary/aromatic N) is 3. The molecule has 0 aliphatic heterocycles. The molecule has 0 saturated carbocycles. The zero-order valence-corrected chi connectivity index (χ0v) is 11.3. The zero-order chi connectivity index (χ0) is 12.8. The predicted molar refractivity (Wildman–Crippen MR) is 67.6 cm³/mol. The number of ether oxygens (including phenoxy) is 1. The van der Waals surface area contributed by atoms with Gasteiger partial charge in [-0.15, -0.1) is 0 Å². The molecule has 1 heterocycles. The van der Waals surface area contributed by atoms with Crippen molar-refractivity contribution < 1.29 is 4.74 Å². The highest BCUT2D eigenvalue weighted by molar-refractivity contribution is 4.92. The second-order valence-corrected chi connectivity index (χ2v) is 4.52. The van der Waals surface area contributed by atoms with E-state index in [0.29, 0.717) is 18.9 Å². The summed E-state index contributed by atoms with van der Waals surface area (Å²) in [6.45, 7) is 9.82. The molecule has 0 radical (unpaired) electrons. The Kier molecular flexibility index (Phi) is 5.58. The van der Waals surface area contributed by atoms with Crippen molar-refractivity contribution in [2.45, 2.75) is 52.8 Å². The smallest absolute Gasteiger partial charge is 0.138 e. The summed E-state index contributed by atoms with van der Waals surface area (Å²) in [5.74, 6) is 1.34. The summed E-state index contributed by atoms with van der Waals surface area (Å²) < 4.78 is 7.58. The molecule has 0 aliphatic carbocycles. The Balaban J connectivity index is 2.66. The van der Waals surface area contributed by atoms with Crippen LogP contribution in [0.15, 0.2) is 6.33 Å². The number of aryl methyl sites for hydroxylation is 1. The number of hydrogen-bond acceptors (Lipinski definition) is 4. The van der Waals surface area contributed by atoms with Gasteiger partial charge in [0.1, 0.15) is 12.2 Å². The number of rotatable bonds is 7. The first-order valence-electron chi connectivity index (χ1n) is 6.33. The highest BCUT2D eigenvalue weighted by Crippen LogP contribution is 2.13. The van der Waals surface area contributed by atoms with E-state index >= 15 is 0 Å². The summed E-state index contributed by atoms with van der Waals surface area (Å²) in [6.07, 6.45) is 2.36. The number of aromatic nitrogens is 3. The van der Waals surface area contributed by atoms with Gasteiger partial charge in [0.05, 0.1) is 6.10 Å². The summed E-state index contributed by atoms with van der Waals surface area (Å²) in [7, 11) is 0. The Morgan fingerprint density at radius 1 is 1.41 bits per heavy atom. The van der Waals surface area contributed by atoms with E-state index in [1.807, 2.05) is 18.5 Å². The van der Waals surface area contributed by atoms with Gasteiger partial charge >= 0.3 is 0 Å². The van der Waals surface area contributed by atoms with Gasteiger partial charge in [-0.1, -0.05) is 13.8 Å². The van der Waals surface area contributed by atoms with Crippen molar-refractivity contribution in [3.63, 3.8) is 0 Å². The Morgan fingerprint density at radius 3 is 2.65 bits per heavy atom. The summed E-state index contributed by atoms with van der Waals surface area (Å²) in [4.78, 5) is 4.25. The molecule has 2 atom stereocenters. The molecule has 0 amide bonds. The van der Waals surface area contributed by atoms with Crippen molar-refractivity contribution >= 4 is 0 Å². The molecule has 2 N–H and O–H groups in total. The minimum atomic E-state index is -0.0375. The third-order valence-electron chi connectivity index (χ3n) is 2.85. The molecule has 17 heavy (non-hydrogen) atoms. The van der Waals surface area contributed by atoms with Crippen LogP contribution >= 0.6 is 0 Å². The van der Waals surface area contributed by atoms with Crippen LogP contribution < -0.4 is 5.73 Å². The van der Waals surface area contributed by atoms with E-state index in [1.54, 1.807) is 6.33 Å². The molecule has 2 unspecified atom stereocenters. The van der Waals surface area contributed by atoms with Crippen molar-refractivity contribution in [2.75, 3.05) is 6.61 Å². The van der Waals surface area contributed by atoms with Crippen molar-refractivity contribution in [1.82, 2.24) is 14.8 Å². The van der Waals surface area contributed by atoms with E-state index in [9.17, 15) is 0 Å². The first-order valence-corrected chi connectivity index (χ1v) is 6.33. The monoisotopic (exact) mass is 240 g/mol. The van der Waals surface area contributed by atoms with Gasteiger partial charge in [-0.2, -0.15) is 5.10 Å². The largest absolute Gasteiger partial charge is 0.377 e. The maximum absolute atomic E-state index is 6.21. The topological polar surface area (TPSA) is 66.0 Å². The molecule has 0 spiro atoms. The molecular formula is C12H24N4O. The number of hydrogen-bond donors (Lipinski definition) is 1. The van der Waals surface area contributed by atoms with Crippen molar-refractivity contribution in [3.05, 3.63) is 12.2 Å². The lowest BCUT2D eigenvalue weighted by Gasteiger charge is -2.26. The SMILES string of the molecule is CCOC(C(C)C)C(N)Cc1ncnn1CC. The molecule has 98 valence electrons. The van der Waals surface area contributed by atoms with Gasteiger partial charge in [-0.25, -0.2) is 4.98 Å². The van der Waals surface area contributed by atoms with Crippen LogP contribution in [0, 0.1) is 5.92 Å². The van der Waals surface area contributed by atoms with E-state index in [2.05, 4.69) is 23.9 Å². The average Bonchev–Trinajstić information content (AvgIpc) is 2.72. The third-order valence-corrected chi connectivity index (χ3v) is 2.85. The Bertz CT molecular complexity index is 324. The highest BCUT2D eigenvalue weighted by Gasteiger charge is 2.23. The minimum Gasteiger partial charge on any atom is -0.377 e. The van der Waals surface area contributed by atoms with Crippen molar-refractivity contribution in [2.24, 2.45) is 11.7 Å². The molecule has 5 heteroatoms. The second-order valence-electron chi connectivity index (χ2n) is 4.52. The van der Waals surface area contributed by atoms with E-state index in [4.69, 9.17) is 10.5 Å². The van der Waals surface area contributed by atoms with Crippen LogP contribution in [0.5, 0.6) is 0 Å². The summed E-state index contributed by atoms with van der Waals surface area (Å²) in [5, 5.41) is 4.15. The predicted octanol–water partition coefficient (Wildman–Crippen LogP) is 1.23. The molecule has 1 aromatic rings. The molecule has 1 rings (SSSR count). The fraction of sp³-hybridized carbons (Fsp3) is 0.833. The van der Waals surface area contributed by atoms with Gasteiger partial charge in [0.25, 0.3) is 0 Å². The van der Waals surface area contributed by atoms with Crippen LogP contribution in [0.1, 0.15) is 33.5 Å². The fourth-order valence-corrected chi connectivity index (χ4v) is 2.04. The number of nitrogens with two attached hydrogens (primary N) is 1. The van der Waals surface area contributed by atoms with Crippen LogP contribution in [-0.2, 0) is 17.7 Å². The third kappa shape index (κ3) is 3.78. The molecule has 5 nitrogen and oxygen atoms in total. The molecule has 0 aromatic carbocycles. The van der Waals surface area contributed by atoms with Crippen LogP contribution in [0.4, 0.5) is 0 Å². The summed E-state index contributed by atoms with van der Waals surface area (Å²) in [5.41, 5.74) is 6.21. The van der Waals surface area contributed by atoms with Crippen LogP contribution in [0.3, 0.4) is 0 Å². The normalized spacial score (nSPS) is 15.2. The lowest BCUT2D eigenvalue weighted by Crippen LogP contribution is -2.42. The van der Waals surface area contributed by atoms with Crippen molar-refractivity contribution in [1.29, 1.82) is 0 Å². The molecule has 0 aliphatic rings. The zero-order valence-electron chi connectivity index (χ0n) is 11.3. The highest BCUT2D eigenvalue weighted by atomic mass is 16.5. The van der Waals surface area contributed by atoms with Gasteiger partial charge in [0, 0.05) is 25.6 Å². The maximum Gasteiger partial charge on any atom is 0.138 e. The van der Waals surface area contributed by atoms with Gasteiger partial charge in [0.2, 0.25) is 0 Å². The van der Waals surface area contributed by atoms with Crippen LogP contribution in [0.2, 0.25) is 0 Å². The Hall–Kier alpha value is -0.940.